The second-order valence-electron chi connectivity index (χ2n) is 6.52. The number of halogens is 3. The smallest absolute Gasteiger partial charge is 0.266 e. The van der Waals surface area contributed by atoms with Crippen LogP contribution in [-0.4, -0.2) is 21.2 Å². The third-order valence-electron chi connectivity index (χ3n) is 4.33. The van der Waals surface area contributed by atoms with Gasteiger partial charge in [0.2, 0.25) is 5.91 Å². The van der Waals surface area contributed by atoms with Crippen molar-refractivity contribution in [2.45, 2.75) is 5.16 Å². The van der Waals surface area contributed by atoms with E-state index in [4.69, 9.17) is 34.8 Å². The Morgan fingerprint density at radius 1 is 0.935 bits per heavy atom. The van der Waals surface area contributed by atoms with Gasteiger partial charge in [-0.15, -0.1) is 0 Å². The van der Waals surface area contributed by atoms with Crippen LogP contribution in [0, 0.1) is 0 Å². The molecule has 1 N–H and O–H groups in total. The fraction of sp³-hybridized carbons (Fsp3) is 0.0455. The van der Waals surface area contributed by atoms with Crippen molar-refractivity contribution in [1.29, 1.82) is 0 Å². The van der Waals surface area contributed by atoms with Gasteiger partial charge in [-0.25, -0.2) is 4.98 Å². The first-order valence-electron chi connectivity index (χ1n) is 9.07. The summed E-state index contributed by atoms with van der Waals surface area (Å²) in [5.74, 6) is -0.214. The van der Waals surface area contributed by atoms with Gasteiger partial charge in [-0.3, -0.25) is 14.2 Å². The second-order valence-corrected chi connectivity index (χ2v) is 8.77. The van der Waals surface area contributed by atoms with Crippen LogP contribution in [-0.2, 0) is 4.79 Å². The molecule has 156 valence electrons. The number of amides is 1. The number of carbonyl (C=O) groups excluding carboxylic acids is 1. The Labute approximate surface area is 197 Å². The van der Waals surface area contributed by atoms with Crippen LogP contribution in [0.15, 0.2) is 76.7 Å². The molecule has 0 aliphatic rings. The maximum Gasteiger partial charge on any atom is 0.266 e. The topological polar surface area (TPSA) is 64.0 Å². The van der Waals surface area contributed by atoms with Gasteiger partial charge in [0.05, 0.1) is 22.3 Å². The van der Waals surface area contributed by atoms with Gasteiger partial charge in [0, 0.05) is 20.8 Å². The number of hydrogen-bond acceptors (Lipinski definition) is 4. The molecule has 4 rings (SSSR count). The van der Waals surface area contributed by atoms with Gasteiger partial charge in [-0.1, -0.05) is 52.6 Å². The van der Waals surface area contributed by atoms with E-state index in [2.05, 4.69) is 10.3 Å². The van der Waals surface area contributed by atoms with Gasteiger partial charge < -0.3 is 5.32 Å². The zero-order valence-corrected chi connectivity index (χ0v) is 18.9. The molecule has 0 saturated carbocycles. The highest BCUT2D eigenvalue weighted by molar-refractivity contribution is 7.99. The van der Waals surface area contributed by atoms with Crippen molar-refractivity contribution < 1.29 is 4.79 Å². The number of hydrogen-bond donors (Lipinski definition) is 1. The predicted octanol–water partition coefficient (Wildman–Crippen LogP) is 6.08. The molecule has 0 unspecified atom stereocenters. The number of anilines is 1. The summed E-state index contributed by atoms with van der Waals surface area (Å²) in [6.45, 7) is 0. The van der Waals surface area contributed by atoms with Crippen molar-refractivity contribution in [2.75, 3.05) is 11.1 Å². The van der Waals surface area contributed by atoms with Gasteiger partial charge in [-0.2, -0.15) is 0 Å². The van der Waals surface area contributed by atoms with E-state index in [9.17, 15) is 9.59 Å². The molecule has 3 aromatic carbocycles. The highest BCUT2D eigenvalue weighted by atomic mass is 35.5. The molecule has 0 fully saturated rings. The summed E-state index contributed by atoms with van der Waals surface area (Å²) >= 11 is 19.2. The molecule has 9 heteroatoms. The number of aromatic nitrogens is 2. The predicted molar refractivity (Wildman–Crippen MR) is 128 cm³/mol. The molecule has 0 saturated heterocycles. The van der Waals surface area contributed by atoms with E-state index < -0.39 is 0 Å². The van der Waals surface area contributed by atoms with Crippen molar-refractivity contribution in [2.24, 2.45) is 0 Å². The van der Waals surface area contributed by atoms with Gasteiger partial charge in [-0.05, 0) is 60.7 Å². The fourth-order valence-electron chi connectivity index (χ4n) is 2.95. The van der Waals surface area contributed by atoms with E-state index >= 15 is 0 Å². The molecule has 0 bridgehead atoms. The first-order chi connectivity index (χ1) is 14.9. The van der Waals surface area contributed by atoms with Crippen LogP contribution in [0.25, 0.3) is 16.6 Å². The number of nitrogens with zero attached hydrogens (tertiary/aromatic N) is 2. The second kappa shape index (κ2) is 9.32. The number of nitrogens with one attached hydrogen (secondary N) is 1. The van der Waals surface area contributed by atoms with Crippen LogP contribution in [0.2, 0.25) is 15.1 Å². The largest absolute Gasteiger partial charge is 0.325 e. The Morgan fingerprint density at radius 2 is 1.65 bits per heavy atom. The average molecular weight is 491 g/mol. The maximum absolute atomic E-state index is 13.2. The fourth-order valence-corrected chi connectivity index (χ4v) is 4.24. The number of carbonyl (C=O) groups is 1. The Morgan fingerprint density at radius 3 is 2.39 bits per heavy atom. The molecule has 1 amide bonds. The minimum absolute atomic E-state index is 0.0403. The summed E-state index contributed by atoms with van der Waals surface area (Å²) in [6, 6.07) is 18.6. The SMILES string of the molecule is O=C(CSc1nc2cc(Cl)ccc2c(=O)n1-c1ccc(Cl)cc1)Nc1cccc(Cl)c1. The molecule has 4 aromatic rings. The normalized spacial score (nSPS) is 10.9. The summed E-state index contributed by atoms with van der Waals surface area (Å²) in [5, 5.41) is 5.11. The van der Waals surface area contributed by atoms with Gasteiger partial charge >= 0.3 is 0 Å². The lowest BCUT2D eigenvalue weighted by atomic mass is 10.2. The van der Waals surface area contributed by atoms with Crippen LogP contribution in [0.1, 0.15) is 0 Å². The Bertz CT molecular complexity index is 1340. The van der Waals surface area contributed by atoms with Crippen LogP contribution >= 0.6 is 46.6 Å². The summed E-state index contributed by atoms with van der Waals surface area (Å²) in [5.41, 5.74) is 1.38. The Hall–Kier alpha value is -2.51. The molecular weight excluding hydrogens is 477 g/mol. The zero-order valence-electron chi connectivity index (χ0n) is 15.8. The molecule has 0 atom stereocenters. The number of fused-ring (bicyclic) bond motifs is 1. The molecule has 31 heavy (non-hydrogen) atoms. The highest BCUT2D eigenvalue weighted by Crippen LogP contribution is 2.24. The molecule has 1 heterocycles. The summed E-state index contributed by atoms with van der Waals surface area (Å²) in [4.78, 5) is 30.3. The lowest BCUT2D eigenvalue weighted by Crippen LogP contribution is -2.23. The minimum Gasteiger partial charge on any atom is -0.325 e. The van der Waals surface area contributed by atoms with Gasteiger partial charge in [0.15, 0.2) is 5.16 Å². The maximum atomic E-state index is 13.2. The number of rotatable bonds is 5. The van der Waals surface area contributed by atoms with Crippen molar-refractivity contribution in [1.82, 2.24) is 9.55 Å². The monoisotopic (exact) mass is 489 g/mol. The average Bonchev–Trinajstić information content (AvgIpc) is 2.73. The molecule has 5 nitrogen and oxygen atoms in total. The van der Waals surface area contributed by atoms with Crippen molar-refractivity contribution >= 4 is 69.1 Å². The quantitative estimate of drug-likeness (QED) is 0.272. The van der Waals surface area contributed by atoms with Crippen LogP contribution in [0.3, 0.4) is 0 Å². The third kappa shape index (κ3) is 5.05. The first-order valence-corrected chi connectivity index (χ1v) is 11.2. The molecular formula is C22H14Cl3N3O2S. The minimum atomic E-state index is -0.262. The summed E-state index contributed by atoms with van der Waals surface area (Å²) in [6.07, 6.45) is 0. The Kier molecular flexibility index (Phi) is 6.53. The summed E-state index contributed by atoms with van der Waals surface area (Å²) in [7, 11) is 0. The van der Waals surface area contributed by atoms with Crippen LogP contribution in [0.4, 0.5) is 5.69 Å². The van der Waals surface area contributed by atoms with E-state index in [0.717, 1.165) is 11.8 Å². The van der Waals surface area contributed by atoms with Crippen molar-refractivity contribution in [3.8, 4) is 5.69 Å². The van der Waals surface area contributed by atoms with Gasteiger partial charge in [0.1, 0.15) is 0 Å². The summed E-state index contributed by atoms with van der Waals surface area (Å²) < 4.78 is 1.46. The Balaban J connectivity index is 1.69. The van der Waals surface area contributed by atoms with E-state index in [-0.39, 0.29) is 17.2 Å². The van der Waals surface area contributed by atoms with E-state index in [1.807, 2.05) is 0 Å². The van der Waals surface area contributed by atoms with Crippen LogP contribution in [0.5, 0.6) is 0 Å². The van der Waals surface area contributed by atoms with Crippen molar-refractivity contribution in [3.05, 3.63) is 92.2 Å². The third-order valence-corrected chi connectivity index (χ3v) is 5.99. The number of thioether (sulfide) groups is 1. The van der Waals surface area contributed by atoms with Crippen molar-refractivity contribution in [3.63, 3.8) is 0 Å². The van der Waals surface area contributed by atoms with E-state index in [1.165, 1.54) is 4.57 Å². The molecule has 0 spiro atoms. The molecule has 0 radical (unpaired) electrons. The van der Waals surface area contributed by atoms with E-state index in [1.54, 1.807) is 66.7 Å². The van der Waals surface area contributed by atoms with E-state index in [0.29, 0.717) is 42.5 Å². The zero-order chi connectivity index (χ0) is 22.0. The lowest BCUT2D eigenvalue weighted by Gasteiger charge is -2.13. The molecule has 1 aromatic heterocycles. The number of benzene rings is 3. The first kappa shape index (κ1) is 21.7. The lowest BCUT2D eigenvalue weighted by molar-refractivity contribution is -0.113. The van der Waals surface area contributed by atoms with Crippen LogP contribution < -0.4 is 10.9 Å². The van der Waals surface area contributed by atoms with Gasteiger partial charge in [0.25, 0.3) is 5.56 Å². The highest BCUT2D eigenvalue weighted by Gasteiger charge is 2.15. The molecule has 0 aliphatic heterocycles. The molecule has 0 aliphatic carbocycles. The standard InChI is InChI=1S/C22H14Cl3N3O2S/c23-13-4-7-17(8-5-13)28-21(30)18-9-6-15(25)11-19(18)27-22(28)31-12-20(29)26-16-3-1-2-14(24)10-16/h1-11H,12H2,(H,26,29).